The van der Waals surface area contributed by atoms with E-state index in [9.17, 15) is 15.4 Å². The molecule has 0 saturated carbocycles. The molecule has 22 heavy (non-hydrogen) atoms. The highest BCUT2D eigenvalue weighted by Crippen LogP contribution is 2.51. The Morgan fingerprint density at radius 2 is 1.27 bits per heavy atom. The third kappa shape index (κ3) is 2.16. The van der Waals surface area contributed by atoms with E-state index in [2.05, 4.69) is 0 Å². The number of hydroxylamine groups is 2. The number of rotatable bonds is 2. The van der Waals surface area contributed by atoms with E-state index < -0.39 is 11.1 Å². The van der Waals surface area contributed by atoms with E-state index >= 15 is 0 Å². The molecule has 0 spiro atoms. The minimum absolute atomic E-state index is 0.165. The highest BCUT2D eigenvalue weighted by molar-refractivity contribution is 5.38. The molecule has 1 aliphatic rings. The van der Waals surface area contributed by atoms with Crippen LogP contribution in [0.3, 0.4) is 0 Å². The Kier molecular flexibility index (Phi) is 3.38. The number of aromatic hydroxyl groups is 2. The van der Waals surface area contributed by atoms with Crippen LogP contribution in [0.15, 0.2) is 48.5 Å². The first kappa shape index (κ1) is 14.9. The summed E-state index contributed by atoms with van der Waals surface area (Å²) >= 11 is 0. The molecule has 1 aliphatic heterocycles. The van der Waals surface area contributed by atoms with Crippen molar-refractivity contribution in [2.24, 2.45) is 0 Å². The minimum Gasteiger partial charge on any atom is -0.784 e. The van der Waals surface area contributed by atoms with Crippen molar-refractivity contribution in [2.75, 3.05) is 0 Å². The Morgan fingerprint density at radius 3 is 1.64 bits per heavy atom. The molecule has 1 fully saturated rings. The van der Waals surface area contributed by atoms with Gasteiger partial charge in [0, 0.05) is 11.1 Å². The van der Waals surface area contributed by atoms with Crippen molar-refractivity contribution in [1.82, 2.24) is 5.06 Å². The average molecular weight is 298 g/mol. The van der Waals surface area contributed by atoms with Gasteiger partial charge in [-0.25, -0.2) is 0 Å². The third-order valence-corrected chi connectivity index (χ3v) is 4.93. The van der Waals surface area contributed by atoms with E-state index in [1.807, 2.05) is 26.0 Å². The molecule has 0 aliphatic carbocycles. The topological polar surface area (TPSA) is 66.8 Å². The zero-order valence-electron chi connectivity index (χ0n) is 12.8. The minimum atomic E-state index is -0.695. The molecule has 3 rings (SSSR count). The largest absolute Gasteiger partial charge is 0.784 e. The maximum absolute atomic E-state index is 13.1. The van der Waals surface area contributed by atoms with E-state index in [-0.39, 0.29) is 11.5 Å². The van der Waals surface area contributed by atoms with Crippen LogP contribution in [0.5, 0.6) is 11.5 Å². The Labute approximate surface area is 130 Å². The van der Waals surface area contributed by atoms with E-state index in [0.717, 1.165) is 16.2 Å². The first-order valence-corrected chi connectivity index (χ1v) is 7.43. The second kappa shape index (κ2) is 5.00. The van der Waals surface area contributed by atoms with Crippen molar-refractivity contribution < 1.29 is 10.2 Å². The number of nitrogens with zero attached hydrogens (tertiary/aromatic N) is 1. The lowest BCUT2D eigenvalue weighted by atomic mass is 9.89. The van der Waals surface area contributed by atoms with E-state index in [0.29, 0.717) is 12.8 Å². The number of phenolic OH excluding ortho intramolecular Hbond substituents is 2. The number of hydrogen-bond acceptors (Lipinski definition) is 4. The predicted octanol–water partition coefficient (Wildman–Crippen LogP) is 3.82. The lowest BCUT2D eigenvalue weighted by Gasteiger charge is -2.50. The first-order valence-electron chi connectivity index (χ1n) is 7.43. The Bertz CT molecular complexity index is 643. The van der Waals surface area contributed by atoms with Crippen molar-refractivity contribution >= 4 is 0 Å². The molecule has 0 unspecified atom stereocenters. The first-order chi connectivity index (χ1) is 10.4. The van der Waals surface area contributed by atoms with Gasteiger partial charge in [-0.15, -0.1) is 0 Å². The van der Waals surface area contributed by atoms with Gasteiger partial charge >= 0.3 is 0 Å². The molecule has 0 amide bonds. The summed E-state index contributed by atoms with van der Waals surface area (Å²) in [6.45, 7) is 3.81. The summed E-state index contributed by atoms with van der Waals surface area (Å²) in [4.78, 5) is 0. The average Bonchev–Trinajstić information content (AvgIpc) is 2.74. The van der Waals surface area contributed by atoms with Crippen LogP contribution in [0, 0.1) is 5.21 Å². The van der Waals surface area contributed by atoms with E-state index in [4.69, 9.17) is 0 Å². The van der Waals surface area contributed by atoms with Crippen LogP contribution in [0.25, 0.3) is 0 Å². The van der Waals surface area contributed by atoms with Crippen LogP contribution in [-0.2, 0) is 11.1 Å². The molecule has 2 N–H and O–H groups in total. The standard InChI is InChI=1S/C18H20NO3/c1-17(13-5-3-7-15(20)11-13)9-10-18(2,19(17)22)14-6-4-8-16(21)12-14/h3-8,11-12,20-21H,9-10H2,1-2H3/q-1/t17-,18-/m0/s1. The fraction of sp³-hybridized carbons (Fsp3) is 0.333. The summed E-state index contributed by atoms with van der Waals surface area (Å²) < 4.78 is 0. The molecule has 1 saturated heterocycles. The second-order valence-corrected chi connectivity index (χ2v) is 6.44. The van der Waals surface area contributed by atoms with Gasteiger partial charge < -0.3 is 20.5 Å². The molecule has 1 heterocycles. The molecular formula is C18H20NO3-. The van der Waals surface area contributed by atoms with Crippen LogP contribution >= 0.6 is 0 Å². The Hall–Kier alpha value is -2.04. The van der Waals surface area contributed by atoms with Crippen molar-refractivity contribution in [2.45, 2.75) is 37.8 Å². The normalized spacial score (nSPS) is 28.9. The molecule has 0 bridgehead atoms. The van der Waals surface area contributed by atoms with Crippen molar-refractivity contribution in [3.63, 3.8) is 0 Å². The zero-order valence-corrected chi connectivity index (χ0v) is 12.8. The van der Waals surface area contributed by atoms with Gasteiger partial charge in [-0.2, -0.15) is 0 Å². The number of benzene rings is 2. The number of hydrogen-bond donors (Lipinski definition) is 2. The van der Waals surface area contributed by atoms with Crippen LogP contribution in [0.4, 0.5) is 0 Å². The van der Waals surface area contributed by atoms with Crippen LogP contribution in [0.2, 0.25) is 0 Å². The van der Waals surface area contributed by atoms with Gasteiger partial charge in [0.05, 0.1) is 0 Å². The highest BCUT2D eigenvalue weighted by atomic mass is 16.5. The van der Waals surface area contributed by atoms with Crippen molar-refractivity contribution in [3.8, 4) is 11.5 Å². The Morgan fingerprint density at radius 1 is 0.864 bits per heavy atom. The van der Waals surface area contributed by atoms with Gasteiger partial charge in [0.2, 0.25) is 0 Å². The third-order valence-electron chi connectivity index (χ3n) is 4.93. The quantitative estimate of drug-likeness (QED) is 0.884. The van der Waals surface area contributed by atoms with Gasteiger partial charge in [-0.05, 0) is 62.1 Å². The summed E-state index contributed by atoms with van der Waals surface area (Å²) in [6, 6.07) is 13.8. The van der Waals surface area contributed by atoms with Gasteiger partial charge in [-0.1, -0.05) is 24.3 Å². The molecule has 0 radical (unpaired) electrons. The molecule has 2 aromatic carbocycles. The molecule has 4 heteroatoms. The zero-order chi connectivity index (χ0) is 16.0. The maximum Gasteiger partial charge on any atom is 0.115 e. The van der Waals surface area contributed by atoms with Gasteiger partial charge in [0.1, 0.15) is 11.5 Å². The predicted molar refractivity (Wildman–Crippen MR) is 85.4 cm³/mol. The lowest BCUT2D eigenvalue weighted by molar-refractivity contribution is 0.114. The fourth-order valence-corrected chi connectivity index (χ4v) is 3.44. The van der Waals surface area contributed by atoms with E-state index in [1.54, 1.807) is 36.4 Å². The van der Waals surface area contributed by atoms with Gasteiger partial charge in [-0.3, -0.25) is 0 Å². The summed E-state index contributed by atoms with van der Waals surface area (Å²) in [5.41, 5.74) is 0.232. The number of phenols is 2. The molecule has 2 aromatic rings. The molecular weight excluding hydrogens is 278 g/mol. The molecule has 0 aromatic heterocycles. The van der Waals surface area contributed by atoms with Crippen LogP contribution in [-0.4, -0.2) is 15.3 Å². The fourth-order valence-electron chi connectivity index (χ4n) is 3.44. The monoisotopic (exact) mass is 298 g/mol. The van der Waals surface area contributed by atoms with Crippen molar-refractivity contribution in [1.29, 1.82) is 0 Å². The Balaban J connectivity index is 2.02. The molecule has 4 nitrogen and oxygen atoms in total. The summed E-state index contributed by atoms with van der Waals surface area (Å²) in [5, 5.41) is 33.6. The molecule has 116 valence electrons. The summed E-state index contributed by atoms with van der Waals surface area (Å²) in [7, 11) is 0. The van der Waals surface area contributed by atoms with E-state index in [1.165, 1.54) is 0 Å². The van der Waals surface area contributed by atoms with Crippen molar-refractivity contribution in [3.05, 3.63) is 64.9 Å². The second-order valence-electron chi connectivity index (χ2n) is 6.44. The maximum atomic E-state index is 13.1. The molecule has 2 atom stereocenters. The highest BCUT2D eigenvalue weighted by Gasteiger charge is 2.46. The van der Waals surface area contributed by atoms with Gasteiger partial charge in [0.15, 0.2) is 0 Å². The summed E-state index contributed by atoms with van der Waals surface area (Å²) in [5.74, 6) is 0.330. The SMILES string of the molecule is C[C@@]1(c2cccc(O)c2)CC[C@@](C)(c2cccc(O)c2)N1[O-]. The van der Waals surface area contributed by atoms with Crippen LogP contribution in [0.1, 0.15) is 37.8 Å². The van der Waals surface area contributed by atoms with Gasteiger partial charge in [0.25, 0.3) is 0 Å². The van der Waals surface area contributed by atoms with Crippen LogP contribution < -0.4 is 0 Å². The smallest absolute Gasteiger partial charge is 0.115 e. The lowest BCUT2D eigenvalue weighted by Crippen LogP contribution is -2.43. The summed E-state index contributed by atoms with van der Waals surface area (Å²) in [6.07, 6.45) is 1.37.